The van der Waals surface area contributed by atoms with E-state index in [4.69, 9.17) is 0 Å². The molecule has 4 heteroatoms. The lowest BCUT2D eigenvalue weighted by atomic mass is 10.1. The molecule has 0 aromatic heterocycles. The van der Waals surface area contributed by atoms with Crippen LogP contribution in [0.3, 0.4) is 0 Å². The number of amides is 1. The van der Waals surface area contributed by atoms with Crippen molar-refractivity contribution >= 4 is 23.4 Å². The van der Waals surface area contributed by atoms with E-state index in [0.717, 1.165) is 35.5 Å². The van der Waals surface area contributed by atoms with Crippen molar-refractivity contribution in [1.29, 1.82) is 0 Å². The summed E-state index contributed by atoms with van der Waals surface area (Å²) < 4.78 is 0. The largest absolute Gasteiger partial charge is 0.373 e. The lowest BCUT2D eigenvalue weighted by molar-refractivity contribution is 0.0951. The summed E-state index contributed by atoms with van der Waals surface area (Å²) >= 11 is 1.85. The molecule has 1 N–H and O–H groups in total. The van der Waals surface area contributed by atoms with Gasteiger partial charge in [0.15, 0.2) is 0 Å². The van der Waals surface area contributed by atoms with Crippen molar-refractivity contribution in [2.24, 2.45) is 0 Å². The van der Waals surface area contributed by atoms with Crippen LogP contribution in [0.2, 0.25) is 0 Å². The second kappa shape index (κ2) is 7.09. The van der Waals surface area contributed by atoms with E-state index in [0.29, 0.717) is 6.54 Å². The third-order valence-corrected chi connectivity index (χ3v) is 5.24. The first kappa shape index (κ1) is 15.9. The van der Waals surface area contributed by atoms with Crippen LogP contribution in [0.1, 0.15) is 28.4 Å². The normalized spacial score (nSPS) is 13.6. The second-order valence-electron chi connectivity index (χ2n) is 5.81. The molecule has 23 heavy (non-hydrogen) atoms. The number of rotatable bonds is 4. The first-order chi connectivity index (χ1) is 11.2. The van der Waals surface area contributed by atoms with E-state index in [1.165, 1.54) is 10.5 Å². The molecule has 0 atom stereocenters. The zero-order valence-electron chi connectivity index (χ0n) is 13.6. The zero-order chi connectivity index (χ0) is 16.2. The molecule has 0 saturated heterocycles. The van der Waals surface area contributed by atoms with E-state index in [-0.39, 0.29) is 5.91 Å². The lowest BCUT2D eigenvalue weighted by Crippen LogP contribution is -2.26. The smallest absolute Gasteiger partial charge is 0.251 e. The summed E-state index contributed by atoms with van der Waals surface area (Å²) in [5.74, 6) is 1.08. The molecule has 3 rings (SSSR count). The molecule has 2 aromatic carbocycles. The van der Waals surface area contributed by atoms with E-state index in [1.54, 1.807) is 0 Å². The molecular weight excluding hydrogens is 304 g/mol. The SMILES string of the molecule is CCc1ccc(CNC(=O)c2ccc3c(c2)N(C)CCS3)cc1. The van der Waals surface area contributed by atoms with Crippen LogP contribution in [0.15, 0.2) is 47.4 Å². The summed E-state index contributed by atoms with van der Waals surface area (Å²) in [4.78, 5) is 15.9. The summed E-state index contributed by atoms with van der Waals surface area (Å²) in [6.45, 7) is 3.72. The molecule has 0 aliphatic carbocycles. The van der Waals surface area contributed by atoms with E-state index >= 15 is 0 Å². The van der Waals surface area contributed by atoms with Crippen LogP contribution in [0.5, 0.6) is 0 Å². The van der Waals surface area contributed by atoms with Crippen LogP contribution in [0, 0.1) is 0 Å². The van der Waals surface area contributed by atoms with Crippen LogP contribution in [0.4, 0.5) is 5.69 Å². The fraction of sp³-hybridized carbons (Fsp3) is 0.316. The van der Waals surface area contributed by atoms with Gasteiger partial charge in [-0.2, -0.15) is 0 Å². The van der Waals surface area contributed by atoms with Crippen molar-refractivity contribution in [3.8, 4) is 0 Å². The average Bonchev–Trinajstić information content (AvgIpc) is 2.60. The minimum Gasteiger partial charge on any atom is -0.373 e. The number of nitrogens with zero attached hydrogens (tertiary/aromatic N) is 1. The number of aryl methyl sites for hydroxylation is 1. The Morgan fingerprint density at radius 2 is 1.91 bits per heavy atom. The molecular formula is C19H22N2OS. The zero-order valence-corrected chi connectivity index (χ0v) is 14.5. The van der Waals surface area contributed by atoms with E-state index in [9.17, 15) is 4.79 Å². The monoisotopic (exact) mass is 326 g/mol. The molecule has 0 radical (unpaired) electrons. The van der Waals surface area contributed by atoms with Gasteiger partial charge in [-0.1, -0.05) is 31.2 Å². The number of nitrogens with one attached hydrogen (secondary N) is 1. The molecule has 0 bridgehead atoms. The van der Waals surface area contributed by atoms with E-state index in [2.05, 4.69) is 54.5 Å². The number of hydrogen-bond acceptors (Lipinski definition) is 3. The predicted octanol–water partition coefficient (Wildman–Crippen LogP) is 3.72. The fourth-order valence-corrected chi connectivity index (χ4v) is 3.78. The number of thioether (sulfide) groups is 1. The van der Waals surface area contributed by atoms with Gasteiger partial charge in [-0.25, -0.2) is 0 Å². The van der Waals surface area contributed by atoms with Crippen LogP contribution in [0.25, 0.3) is 0 Å². The number of carbonyl (C=O) groups is 1. The van der Waals surface area contributed by atoms with Gasteiger partial charge >= 0.3 is 0 Å². The number of hydrogen-bond donors (Lipinski definition) is 1. The maximum Gasteiger partial charge on any atom is 0.251 e. The Hall–Kier alpha value is -1.94. The van der Waals surface area contributed by atoms with Gasteiger partial charge < -0.3 is 10.2 Å². The Bertz CT molecular complexity index is 697. The van der Waals surface area contributed by atoms with Crippen molar-refractivity contribution < 1.29 is 4.79 Å². The van der Waals surface area contributed by atoms with Gasteiger partial charge in [-0.05, 0) is 35.7 Å². The summed E-state index contributed by atoms with van der Waals surface area (Å²) in [7, 11) is 2.08. The van der Waals surface area contributed by atoms with Gasteiger partial charge in [0.25, 0.3) is 5.91 Å². The summed E-state index contributed by atoms with van der Waals surface area (Å²) in [6.07, 6.45) is 1.04. The van der Waals surface area contributed by atoms with Gasteiger partial charge in [-0.3, -0.25) is 4.79 Å². The van der Waals surface area contributed by atoms with Gasteiger partial charge in [0.05, 0.1) is 5.69 Å². The van der Waals surface area contributed by atoms with Gasteiger partial charge in [0.1, 0.15) is 0 Å². The number of fused-ring (bicyclic) bond motifs is 1. The van der Waals surface area contributed by atoms with E-state index < -0.39 is 0 Å². The third kappa shape index (κ3) is 3.70. The predicted molar refractivity (Wildman–Crippen MR) is 97.4 cm³/mol. The Balaban J connectivity index is 1.67. The maximum absolute atomic E-state index is 12.4. The highest BCUT2D eigenvalue weighted by atomic mass is 32.2. The van der Waals surface area contributed by atoms with E-state index in [1.807, 2.05) is 23.9 Å². The molecule has 3 nitrogen and oxygen atoms in total. The Labute approximate surface area is 142 Å². The maximum atomic E-state index is 12.4. The summed E-state index contributed by atoms with van der Waals surface area (Å²) in [5.41, 5.74) is 4.32. The van der Waals surface area contributed by atoms with Crippen molar-refractivity contribution in [2.45, 2.75) is 24.8 Å². The van der Waals surface area contributed by atoms with Crippen LogP contribution < -0.4 is 10.2 Å². The number of anilines is 1. The Kier molecular flexibility index (Phi) is 4.91. The molecule has 1 amide bonds. The molecule has 0 saturated carbocycles. The first-order valence-electron chi connectivity index (χ1n) is 8.01. The lowest BCUT2D eigenvalue weighted by Gasteiger charge is -2.27. The molecule has 0 spiro atoms. The molecule has 1 heterocycles. The molecule has 2 aromatic rings. The number of benzene rings is 2. The highest BCUT2D eigenvalue weighted by Gasteiger charge is 2.16. The van der Waals surface area contributed by atoms with Crippen molar-refractivity contribution in [3.63, 3.8) is 0 Å². The van der Waals surface area contributed by atoms with Crippen molar-refractivity contribution in [1.82, 2.24) is 5.32 Å². The fourth-order valence-electron chi connectivity index (χ4n) is 2.67. The quantitative estimate of drug-likeness (QED) is 0.929. The Morgan fingerprint density at radius 1 is 1.17 bits per heavy atom. The third-order valence-electron chi connectivity index (χ3n) is 4.20. The molecule has 0 unspecified atom stereocenters. The molecule has 120 valence electrons. The molecule has 1 aliphatic heterocycles. The molecule has 1 aliphatic rings. The van der Waals surface area contributed by atoms with Gasteiger partial charge in [0.2, 0.25) is 0 Å². The van der Waals surface area contributed by atoms with Crippen LogP contribution in [-0.2, 0) is 13.0 Å². The first-order valence-corrected chi connectivity index (χ1v) is 9.00. The topological polar surface area (TPSA) is 32.3 Å². The van der Waals surface area contributed by atoms with Crippen molar-refractivity contribution in [2.75, 3.05) is 24.2 Å². The van der Waals surface area contributed by atoms with Crippen LogP contribution >= 0.6 is 11.8 Å². The highest BCUT2D eigenvalue weighted by Crippen LogP contribution is 2.34. The van der Waals surface area contributed by atoms with Gasteiger partial charge in [-0.15, -0.1) is 11.8 Å². The van der Waals surface area contributed by atoms with Gasteiger partial charge in [0, 0.05) is 36.3 Å². The number of carbonyl (C=O) groups excluding carboxylic acids is 1. The second-order valence-corrected chi connectivity index (χ2v) is 6.94. The summed E-state index contributed by atoms with van der Waals surface area (Å²) in [5, 5.41) is 3.01. The highest BCUT2D eigenvalue weighted by molar-refractivity contribution is 7.99. The standard InChI is InChI=1S/C19H22N2OS/c1-3-14-4-6-15(7-5-14)13-20-19(22)16-8-9-18-17(12-16)21(2)10-11-23-18/h4-9,12H,3,10-11,13H2,1-2H3,(H,20,22). The van der Waals surface area contributed by atoms with Crippen molar-refractivity contribution in [3.05, 3.63) is 59.2 Å². The minimum atomic E-state index is -0.0173. The minimum absolute atomic E-state index is 0.0173. The average molecular weight is 326 g/mol. The molecule has 0 fully saturated rings. The Morgan fingerprint density at radius 3 is 2.65 bits per heavy atom. The van der Waals surface area contributed by atoms with Crippen LogP contribution in [-0.4, -0.2) is 25.3 Å². The summed E-state index contributed by atoms with van der Waals surface area (Å²) in [6, 6.07) is 14.4.